The van der Waals surface area contributed by atoms with E-state index in [1.807, 2.05) is 60.6 Å². The Bertz CT molecular complexity index is 591. The molecule has 0 spiro atoms. The first-order valence-electron chi connectivity index (χ1n) is 8.61. The van der Waals surface area contributed by atoms with Crippen molar-refractivity contribution < 1.29 is 14.3 Å². The number of pyridine rings is 1. The van der Waals surface area contributed by atoms with Gasteiger partial charge in [-0.1, -0.05) is 19.9 Å². The molecule has 6 heteroatoms. The van der Waals surface area contributed by atoms with Crippen LogP contribution in [0.25, 0.3) is 0 Å². The van der Waals surface area contributed by atoms with E-state index in [9.17, 15) is 9.59 Å². The van der Waals surface area contributed by atoms with Crippen molar-refractivity contribution in [2.24, 2.45) is 5.92 Å². The number of nitrogens with one attached hydrogen (secondary N) is 2. The maximum atomic E-state index is 12.4. The monoisotopic (exact) mass is 349 g/mol. The molecule has 140 valence electrons. The van der Waals surface area contributed by atoms with Gasteiger partial charge in [0.1, 0.15) is 5.60 Å². The summed E-state index contributed by atoms with van der Waals surface area (Å²) in [7, 11) is 0. The molecule has 0 aliphatic carbocycles. The molecule has 0 aliphatic heterocycles. The number of nitrogens with zero attached hydrogens (tertiary/aromatic N) is 1. The van der Waals surface area contributed by atoms with Crippen molar-refractivity contribution in [2.45, 2.75) is 66.0 Å². The van der Waals surface area contributed by atoms with Crippen LogP contribution in [0.1, 0.15) is 52.8 Å². The van der Waals surface area contributed by atoms with Gasteiger partial charge in [0.15, 0.2) is 0 Å². The molecule has 0 saturated carbocycles. The molecular weight excluding hydrogens is 318 g/mol. The second kappa shape index (κ2) is 8.32. The molecule has 0 saturated heterocycles. The number of ether oxygens (including phenoxy) is 1. The maximum absolute atomic E-state index is 12.4. The number of aromatic nitrogens is 1. The fourth-order valence-electron chi connectivity index (χ4n) is 2.11. The van der Waals surface area contributed by atoms with Gasteiger partial charge in [0.25, 0.3) is 0 Å². The van der Waals surface area contributed by atoms with E-state index in [1.165, 1.54) is 0 Å². The van der Waals surface area contributed by atoms with Crippen LogP contribution >= 0.6 is 0 Å². The number of carbonyl (C=O) groups excluding carboxylic acids is 2. The Balaban J connectivity index is 2.66. The van der Waals surface area contributed by atoms with Crippen LogP contribution in [0.4, 0.5) is 4.79 Å². The lowest BCUT2D eigenvalue weighted by Crippen LogP contribution is -2.57. The molecule has 1 aromatic rings. The quantitative estimate of drug-likeness (QED) is 0.827. The number of rotatable bonds is 6. The number of alkyl carbamates (subject to hydrolysis) is 1. The lowest BCUT2D eigenvalue weighted by molar-refractivity contribution is -0.122. The van der Waals surface area contributed by atoms with E-state index in [-0.39, 0.29) is 24.8 Å². The number of hydrogen-bond donors (Lipinski definition) is 2. The topological polar surface area (TPSA) is 80.3 Å². The molecule has 0 aromatic carbocycles. The number of aryl methyl sites for hydroxylation is 1. The van der Waals surface area contributed by atoms with E-state index < -0.39 is 17.2 Å². The molecule has 0 aliphatic rings. The number of carbonyl (C=O) groups is 2. The summed E-state index contributed by atoms with van der Waals surface area (Å²) in [5.41, 5.74) is 0.638. The van der Waals surface area contributed by atoms with E-state index in [4.69, 9.17) is 4.74 Å². The summed E-state index contributed by atoms with van der Waals surface area (Å²) in [6, 6.07) is 3.78. The molecule has 0 radical (unpaired) electrons. The zero-order chi connectivity index (χ0) is 19.3. The van der Waals surface area contributed by atoms with Gasteiger partial charge in [-0.25, -0.2) is 4.79 Å². The largest absolute Gasteiger partial charge is 0.444 e. The van der Waals surface area contributed by atoms with Crippen molar-refractivity contribution in [2.75, 3.05) is 6.54 Å². The summed E-state index contributed by atoms with van der Waals surface area (Å²) in [4.78, 5) is 28.5. The van der Waals surface area contributed by atoms with Gasteiger partial charge in [0, 0.05) is 18.4 Å². The third-order valence-electron chi connectivity index (χ3n) is 4.04. The summed E-state index contributed by atoms with van der Waals surface area (Å²) in [6.07, 6.45) is 1.47. The lowest BCUT2D eigenvalue weighted by Gasteiger charge is -2.35. The highest BCUT2D eigenvalue weighted by Gasteiger charge is 2.31. The molecule has 25 heavy (non-hydrogen) atoms. The van der Waals surface area contributed by atoms with Gasteiger partial charge in [0.2, 0.25) is 5.91 Å². The van der Waals surface area contributed by atoms with E-state index in [0.717, 1.165) is 11.3 Å². The Hall–Kier alpha value is -2.11. The van der Waals surface area contributed by atoms with Crippen LogP contribution < -0.4 is 10.6 Å². The normalized spacial score (nSPS) is 13.9. The number of amides is 2. The third kappa shape index (κ3) is 7.54. The predicted molar refractivity (Wildman–Crippen MR) is 98.3 cm³/mol. The summed E-state index contributed by atoms with van der Waals surface area (Å²) < 4.78 is 5.25. The smallest absolute Gasteiger partial charge is 0.407 e. The molecule has 6 nitrogen and oxygen atoms in total. The highest BCUT2D eigenvalue weighted by Crippen LogP contribution is 2.16. The Morgan fingerprint density at radius 3 is 2.32 bits per heavy atom. The summed E-state index contributed by atoms with van der Waals surface area (Å²) in [6.45, 7) is 13.6. The van der Waals surface area contributed by atoms with Crippen LogP contribution in [-0.2, 0) is 16.0 Å². The van der Waals surface area contributed by atoms with Crippen LogP contribution in [0.5, 0.6) is 0 Å². The van der Waals surface area contributed by atoms with Gasteiger partial charge < -0.3 is 15.4 Å². The van der Waals surface area contributed by atoms with Gasteiger partial charge >= 0.3 is 6.09 Å². The lowest BCUT2D eigenvalue weighted by atomic mass is 9.88. The van der Waals surface area contributed by atoms with Gasteiger partial charge in [-0.05, 0) is 52.2 Å². The molecule has 0 bridgehead atoms. The highest BCUT2D eigenvalue weighted by atomic mass is 16.6. The van der Waals surface area contributed by atoms with E-state index in [2.05, 4.69) is 15.6 Å². The van der Waals surface area contributed by atoms with Crippen molar-refractivity contribution in [3.05, 3.63) is 29.6 Å². The number of hydrogen-bond acceptors (Lipinski definition) is 4. The summed E-state index contributed by atoms with van der Waals surface area (Å²) >= 11 is 0. The van der Waals surface area contributed by atoms with Crippen LogP contribution in [-0.4, -0.2) is 34.7 Å². The SMILES string of the molecule is Cc1ccc(CC(=O)N[C@](C)(CNC(=O)OC(C)(C)C)C(C)C)cn1. The molecule has 2 N–H and O–H groups in total. The highest BCUT2D eigenvalue weighted by molar-refractivity contribution is 5.79. The summed E-state index contributed by atoms with van der Waals surface area (Å²) in [5, 5.41) is 5.79. The molecule has 1 aromatic heterocycles. The van der Waals surface area contributed by atoms with Gasteiger partial charge in [-0.15, -0.1) is 0 Å². The maximum Gasteiger partial charge on any atom is 0.407 e. The van der Waals surface area contributed by atoms with Crippen molar-refractivity contribution in [3.8, 4) is 0 Å². The van der Waals surface area contributed by atoms with Crippen LogP contribution in [0.3, 0.4) is 0 Å². The van der Waals surface area contributed by atoms with Gasteiger partial charge in [-0.2, -0.15) is 0 Å². The van der Waals surface area contributed by atoms with Crippen molar-refractivity contribution in [1.82, 2.24) is 15.6 Å². The zero-order valence-electron chi connectivity index (χ0n) is 16.4. The zero-order valence-corrected chi connectivity index (χ0v) is 16.4. The third-order valence-corrected chi connectivity index (χ3v) is 4.04. The minimum absolute atomic E-state index is 0.104. The van der Waals surface area contributed by atoms with Crippen molar-refractivity contribution in [3.63, 3.8) is 0 Å². The van der Waals surface area contributed by atoms with Crippen LogP contribution in [0.15, 0.2) is 18.3 Å². The first kappa shape index (κ1) is 20.9. The molecule has 1 atom stereocenters. The Morgan fingerprint density at radius 2 is 1.84 bits per heavy atom. The van der Waals surface area contributed by atoms with Crippen molar-refractivity contribution in [1.29, 1.82) is 0 Å². The average Bonchev–Trinajstić information content (AvgIpc) is 2.45. The Morgan fingerprint density at radius 1 is 1.20 bits per heavy atom. The standard InChI is InChI=1S/C19H31N3O3/c1-13(2)19(7,12-21-17(24)25-18(4,5)6)22-16(23)10-15-9-8-14(3)20-11-15/h8-9,11,13H,10,12H2,1-7H3,(H,21,24)(H,22,23)/t19-/m1/s1. The molecule has 0 unspecified atom stereocenters. The van der Waals surface area contributed by atoms with Crippen LogP contribution in [0.2, 0.25) is 0 Å². The Kier molecular flexibility index (Phi) is 6.96. The second-order valence-electron chi connectivity index (χ2n) is 7.96. The molecule has 1 heterocycles. The Labute approximate surface area is 150 Å². The van der Waals surface area contributed by atoms with E-state index in [0.29, 0.717) is 0 Å². The fraction of sp³-hybridized carbons (Fsp3) is 0.632. The predicted octanol–water partition coefficient (Wildman–Crippen LogP) is 2.99. The van der Waals surface area contributed by atoms with Crippen LogP contribution in [0, 0.1) is 12.8 Å². The van der Waals surface area contributed by atoms with Gasteiger partial charge in [-0.3, -0.25) is 9.78 Å². The minimum atomic E-state index is -0.577. The average molecular weight is 349 g/mol. The molecule has 2 amide bonds. The summed E-state index contributed by atoms with van der Waals surface area (Å²) in [5.74, 6) is 0.0235. The fourth-order valence-corrected chi connectivity index (χ4v) is 2.11. The minimum Gasteiger partial charge on any atom is -0.444 e. The van der Waals surface area contributed by atoms with Crippen molar-refractivity contribution >= 4 is 12.0 Å². The first-order chi connectivity index (χ1) is 11.4. The first-order valence-corrected chi connectivity index (χ1v) is 8.61. The van der Waals surface area contributed by atoms with E-state index in [1.54, 1.807) is 6.20 Å². The molecule has 0 fully saturated rings. The molecular formula is C19H31N3O3. The molecule has 1 rings (SSSR count). The van der Waals surface area contributed by atoms with E-state index >= 15 is 0 Å². The van der Waals surface area contributed by atoms with Gasteiger partial charge in [0.05, 0.1) is 12.0 Å². The second-order valence-corrected chi connectivity index (χ2v) is 7.96.